The molecule has 0 aliphatic carbocycles. The Kier molecular flexibility index (Phi) is 3.65. The van der Waals surface area contributed by atoms with Crippen molar-refractivity contribution in [3.8, 4) is 11.6 Å². The van der Waals surface area contributed by atoms with Crippen LogP contribution in [0, 0.1) is 5.82 Å². The Balaban J connectivity index is 1.64. The number of rotatable bonds is 4. The van der Waals surface area contributed by atoms with Crippen molar-refractivity contribution in [2.75, 3.05) is 5.32 Å². The molecule has 8 heteroatoms. The number of hydrogen-bond acceptors (Lipinski definition) is 5. The number of halogens is 1. The zero-order valence-corrected chi connectivity index (χ0v) is 11.7. The summed E-state index contributed by atoms with van der Waals surface area (Å²) in [5.41, 5.74) is 1.21. The number of nitrogens with zero attached hydrogens (tertiary/aromatic N) is 4. The molecule has 0 atom stereocenters. The van der Waals surface area contributed by atoms with Gasteiger partial charge in [-0.05, 0) is 23.8 Å². The van der Waals surface area contributed by atoms with Gasteiger partial charge in [0.25, 0.3) is 5.89 Å². The molecule has 0 saturated carbocycles. The molecule has 112 valence electrons. The van der Waals surface area contributed by atoms with E-state index in [0.29, 0.717) is 11.3 Å². The highest BCUT2D eigenvalue weighted by Crippen LogP contribution is 2.17. The average molecular weight is 301 g/mol. The van der Waals surface area contributed by atoms with Crippen LogP contribution in [0.4, 0.5) is 10.4 Å². The number of anilines is 1. The van der Waals surface area contributed by atoms with Crippen LogP contribution >= 0.6 is 0 Å². The van der Waals surface area contributed by atoms with Crippen LogP contribution in [0.15, 0.2) is 40.9 Å². The van der Waals surface area contributed by atoms with Gasteiger partial charge in [0.15, 0.2) is 0 Å². The molecule has 0 fully saturated rings. The lowest BCUT2D eigenvalue weighted by Crippen LogP contribution is -2.14. The first kappa shape index (κ1) is 13.9. The van der Waals surface area contributed by atoms with E-state index < -0.39 is 0 Å². The first-order valence-electron chi connectivity index (χ1n) is 6.48. The fraction of sp³-hybridized carbons (Fsp3) is 0.143. The van der Waals surface area contributed by atoms with Gasteiger partial charge in [-0.1, -0.05) is 17.2 Å². The van der Waals surface area contributed by atoms with E-state index in [1.54, 1.807) is 36.1 Å². The summed E-state index contributed by atoms with van der Waals surface area (Å²) < 4.78 is 19.7. The molecule has 1 aromatic carbocycles. The van der Waals surface area contributed by atoms with Crippen molar-refractivity contribution in [3.05, 3.63) is 47.9 Å². The number of nitrogens with one attached hydrogen (secondary N) is 1. The van der Waals surface area contributed by atoms with Crippen LogP contribution in [-0.2, 0) is 18.3 Å². The Morgan fingerprint density at radius 3 is 2.73 bits per heavy atom. The number of carbonyl (C=O) groups excluding carboxylic acids is 1. The molecule has 0 radical (unpaired) electrons. The lowest BCUT2D eigenvalue weighted by atomic mass is 10.1. The maximum Gasteiger partial charge on any atom is 0.322 e. The Morgan fingerprint density at radius 1 is 1.27 bits per heavy atom. The van der Waals surface area contributed by atoms with E-state index in [1.165, 1.54) is 12.1 Å². The van der Waals surface area contributed by atoms with E-state index in [4.69, 9.17) is 4.42 Å². The summed E-state index contributed by atoms with van der Waals surface area (Å²) in [6.07, 6.45) is 1.83. The fourth-order valence-electron chi connectivity index (χ4n) is 1.86. The Labute approximate surface area is 124 Å². The monoisotopic (exact) mass is 301 g/mol. The Hall–Kier alpha value is -3.03. The summed E-state index contributed by atoms with van der Waals surface area (Å²) in [5, 5.41) is 14.2. The summed E-state index contributed by atoms with van der Waals surface area (Å²) in [4.78, 5) is 11.9. The molecular weight excluding hydrogens is 289 g/mol. The molecule has 3 aromatic rings. The largest absolute Gasteiger partial charge is 0.401 e. The molecule has 0 aliphatic heterocycles. The molecule has 1 amide bonds. The highest BCUT2D eigenvalue weighted by Gasteiger charge is 2.13. The fourth-order valence-corrected chi connectivity index (χ4v) is 1.86. The minimum atomic E-state index is -0.346. The van der Waals surface area contributed by atoms with E-state index >= 15 is 0 Å². The van der Waals surface area contributed by atoms with Crippen LogP contribution in [0.25, 0.3) is 11.6 Å². The third-order valence-corrected chi connectivity index (χ3v) is 2.88. The van der Waals surface area contributed by atoms with Gasteiger partial charge in [0, 0.05) is 13.2 Å². The van der Waals surface area contributed by atoms with Crippen molar-refractivity contribution in [2.45, 2.75) is 6.42 Å². The van der Waals surface area contributed by atoms with Crippen molar-refractivity contribution in [3.63, 3.8) is 0 Å². The van der Waals surface area contributed by atoms with Crippen LogP contribution in [0.1, 0.15) is 5.56 Å². The maximum atomic E-state index is 12.8. The van der Waals surface area contributed by atoms with Crippen molar-refractivity contribution in [2.24, 2.45) is 7.05 Å². The zero-order chi connectivity index (χ0) is 15.5. The van der Waals surface area contributed by atoms with Crippen molar-refractivity contribution < 1.29 is 13.6 Å². The Bertz CT molecular complexity index is 794. The summed E-state index contributed by atoms with van der Waals surface area (Å²) in [6.45, 7) is 0. The van der Waals surface area contributed by atoms with Gasteiger partial charge in [-0.25, -0.2) is 4.39 Å². The molecule has 0 bridgehead atoms. The Morgan fingerprint density at radius 2 is 2.05 bits per heavy atom. The first-order chi connectivity index (χ1) is 10.6. The van der Waals surface area contributed by atoms with Crippen molar-refractivity contribution >= 4 is 11.9 Å². The highest BCUT2D eigenvalue weighted by molar-refractivity contribution is 5.90. The van der Waals surface area contributed by atoms with Gasteiger partial charge in [0.05, 0.1) is 6.42 Å². The van der Waals surface area contributed by atoms with Crippen LogP contribution < -0.4 is 5.32 Å². The van der Waals surface area contributed by atoms with Gasteiger partial charge in [-0.3, -0.25) is 14.8 Å². The molecule has 0 unspecified atom stereocenters. The van der Waals surface area contributed by atoms with Gasteiger partial charge in [-0.15, -0.1) is 5.10 Å². The summed E-state index contributed by atoms with van der Waals surface area (Å²) in [7, 11) is 1.77. The molecule has 22 heavy (non-hydrogen) atoms. The second-order valence-corrected chi connectivity index (χ2v) is 4.64. The predicted molar refractivity (Wildman–Crippen MR) is 75.2 cm³/mol. The van der Waals surface area contributed by atoms with Gasteiger partial charge < -0.3 is 4.42 Å². The smallest absolute Gasteiger partial charge is 0.322 e. The minimum absolute atomic E-state index is 0.00670. The molecular formula is C14H12FN5O2. The molecule has 3 rings (SSSR count). The van der Waals surface area contributed by atoms with Crippen LogP contribution in [-0.4, -0.2) is 25.9 Å². The topological polar surface area (TPSA) is 85.8 Å². The number of hydrogen-bond donors (Lipinski definition) is 1. The first-order valence-corrected chi connectivity index (χ1v) is 6.48. The maximum absolute atomic E-state index is 12.8. The van der Waals surface area contributed by atoms with E-state index in [0.717, 1.165) is 0 Å². The molecule has 7 nitrogen and oxygen atoms in total. The molecule has 0 spiro atoms. The minimum Gasteiger partial charge on any atom is -0.401 e. The van der Waals surface area contributed by atoms with E-state index in [1.807, 2.05) is 0 Å². The number of aryl methyl sites for hydroxylation is 1. The van der Waals surface area contributed by atoms with Gasteiger partial charge in [0.1, 0.15) is 11.5 Å². The lowest BCUT2D eigenvalue weighted by Gasteiger charge is -2.00. The second kappa shape index (κ2) is 5.76. The van der Waals surface area contributed by atoms with Gasteiger partial charge in [0.2, 0.25) is 5.91 Å². The third kappa shape index (κ3) is 3.17. The average Bonchev–Trinajstić information content (AvgIpc) is 3.10. The van der Waals surface area contributed by atoms with Gasteiger partial charge >= 0.3 is 6.01 Å². The third-order valence-electron chi connectivity index (χ3n) is 2.88. The predicted octanol–water partition coefficient (Wildman–Crippen LogP) is 1.79. The van der Waals surface area contributed by atoms with E-state index in [-0.39, 0.29) is 30.1 Å². The summed E-state index contributed by atoms with van der Waals surface area (Å²) in [5.74, 6) is -0.457. The van der Waals surface area contributed by atoms with Gasteiger partial charge in [-0.2, -0.15) is 5.10 Å². The number of carbonyl (C=O) groups is 1. The van der Waals surface area contributed by atoms with Crippen molar-refractivity contribution in [1.29, 1.82) is 0 Å². The summed E-state index contributed by atoms with van der Waals surface area (Å²) in [6, 6.07) is 7.40. The normalized spacial score (nSPS) is 10.6. The zero-order valence-electron chi connectivity index (χ0n) is 11.7. The lowest BCUT2D eigenvalue weighted by molar-refractivity contribution is -0.115. The molecule has 0 aliphatic rings. The standard InChI is InChI=1S/C14H12FN5O2/c1-20-7-6-11(19-20)13-17-18-14(22-13)16-12(21)8-9-2-4-10(15)5-3-9/h2-7H,8H2,1H3,(H,16,18,21). The molecule has 2 aromatic heterocycles. The van der Waals surface area contributed by atoms with E-state index in [2.05, 4.69) is 20.6 Å². The molecule has 1 N–H and O–H groups in total. The molecule has 2 heterocycles. The van der Waals surface area contributed by atoms with Crippen LogP contribution in [0.2, 0.25) is 0 Å². The second-order valence-electron chi connectivity index (χ2n) is 4.64. The summed E-state index contributed by atoms with van der Waals surface area (Å²) >= 11 is 0. The van der Waals surface area contributed by atoms with Crippen LogP contribution in [0.5, 0.6) is 0 Å². The van der Waals surface area contributed by atoms with Crippen LogP contribution in [0.3, 0.4) is 0 Å². The number of aromatic nitrogens is 4. The van der Waals surface area contributed by atoms with Crippen molar-refractivity contribution in [1.82, 2.24) is 20.0 Å². The number of benzene rings is 1. The van der Waals surface area contributed by atoms with E-state index in [9.17, 15) is 9.18 Å². The molecule has 0 saturated heterocycles. The number of amides is 1. The SMILES string of the molecule is Cn1ccc(-c2nnc(NC(=O)Cc3ccc(F)cc3)o2)n1. The highest BCUT2D eigenvalue weighted by atomic mass is 19.1. The quantitative estimate of drug-likeness (QED) is 0.794.